The van der Waals surface area contributed by atoms with Crippen LogP contribution in [-0.4, -0.2) is 56.5 Å². The van der Waals surface area contributed by atoms with Crippen LogP contribution in [0.1, 0.15) is 24.0 Å². The molecule has 0 spiro atoms. The van der Waals surface area contributed by atoms with Gasteiger partial charge in [-0.1, -0.05) is 24.3 Å². The van der Waals surface area contributed by atoms with Crippen molar-refractivity contribution in [1.82, 2.24) is 15.1 Å². The number of piperidine rings is 1. The van der Waals surface area contributed by atoms with Crippen LogP contribution in [0, 0.1) is 12.8 Å². The normalized spacial score (nSPS) is 20.0. The summed E-state index contributed by atoms with van der Waals surface area (Å²) in [5.74, 6) is 1.71. The van der Waals surface area contributed by atoms with E-state index in [1.54, 1.807) is 0 Å². The van der Waals surface area contributed by atoms with Crippen LogP contribution >= 0.6 is 0 Å². The second-order valence-corrected chi connectivity index (χ2v) is 6.48. The van der Waals surface area contributed by atoms with Gasteiger partial charge in [0.15, 0.2) is 5.96 Å². The Hall–Kier alpha value is -1.55. The summed E-state index contributed by atoms with van der Waals surface area (Å²) in [5.41, 5.74) is 2.68. The van der Waals surface area contributed by atoms with Crippen molar-refractivity contribution in [1.29, 1.82) is 0 Å². The standard InChI is InChI=1S/C18H30N4/c1-15-8-5-6-10-17(15)14-22(4)18(19-2)20-12-16-9-7-11-21(3)13-16/h5-6,8,10,16H,7,9,11-14H2,1-4H3,(H,19,20). The number of guanidine groups is 1. The predicted molar refractivity (Wildman–Crippen MR) is 94.2 cm³/mol. The summed E-state index contributed by atoms with van der Waals surface area (Å²) in [6.07, 6.45) is 2.62. The van der Waals surface area contributed by atoms with Crippen molar-refractivity contribution in [3.05, 3.63) is 35.4 Å². The van der Waals surface area contributed by atoms with Crippen molar-refractivity contribution < 1.29 is 0 Å². The third-order valence-corrected chi connectivity index (χ3v) is 4.51. The van der Waals surface area contributed by atoms with E-state index in [0.29, 0.717) is 0 Å². The second-order valence-electron chi connectivity index (χ2n) is 6.48. The van der Waals surface area contributed by atoms with E-state index in [9.17, 15) is 0 Å². The first-order chi connectivity index (χ1) is 10.6. The lowest BCUT2D eigenvalue weighted by atomic mass is 9.98. The molecule has 1 N–H and O–H groups in total. The molecule has 0 aromatic heterocycles. The van der Waals surface area contributed by atoms with E-state index in [2.05, 4.69) is 65.4 Å². The maximum atomic E-state index is 4.44. The molecule has 0 aliphatic carbocycles. The SMILES string of the molecule is CN=C(NCC1CCCN(C)C1)N(C)Cc1ccccc1C. The molecule has 22 heavy (non-hydrogen) atoms. The largest absolute Gasteiger partial charge is 0.356 e. The van der Waals surface area contributed by atoms with Crippen molar-refractivity contribution in [2.75, 3.05) is 40.8 Å². The van der Waals surface area contributed by atoms with Crippen LogP contribution in [0.25, 0.3) is 0 Å². The number of likely N-dealkylation sites (tertiary alicyclic amines) is 1. The maximum absolute atomic E-state index is 4.44. The van der Waals surface area contributed by atoms with Gasteiger partial charge in [-0.25, -0.2) is 0 Å². The maximum Gasteiger partial charge on any atom is 0.193 e. The lowest BCUT2D eigenvalue weighted by molar-refractivity contribution is 0.209. The molecule has 4 heteroatoms. The van der Waals surface area contributed by atoms with E-state index in [4.69, 9.17) is 0 Å². The topological polar surface area (TPSA) is 30.9 Å². The van der Waals surface area contributed by atoms with Crippen molar-refractivity contribution in [3.8, 4) is 0 Å². The molecular weight excluding hydrogens is 272 g/mol. The van der Waals surface area contributed by atoms with Crippen LogP contribution < -0.4 is 5.32 Å². The Morgan fingerprint density at radius 2 is 2.18 bits per heavy atom. The van der Waals surface area contributed by atoms with Gasteiger partial charge < -0.3 is 15.1 Å². The number of hydrogen-bond acceptors (Lipinski definition) is 2. The molecule has 0 bridgehead atoms. The summed E-state index contributed by atoms with van der Waals surface area (Å²) in [7, 11) is 6.18. The van der Waals surface area contributed by atoms with Gasteiger partial charge in [0.25, 0.3) is 0 Å². The minimum atomic E-state index is 0.724. The highest BCUT2D eigenvalue weighted by Crippen LogP contribution is 2.14. The van der Waals surface area contributed by atoms with Gasteiger partial charge in [0.2, 0.25) is 0 Å². The highest BCUT2D eigenvalue weighted by molar-refractivity contribution is 5.79. The van der Waals surface area contributed by atoms with Crippen LogP contribution in [0.3, 0.4) is 0 Å². The molecule has 4 nitrogen and oxygen atoms in total. The summed E-state index contributed by atoms with van der Waals surface area (Å²) >= 11 is 0. The first-order valence-electron chi connectivity index (χ1n) is 8.25. The van der Waals surface area contributed by atoms with Crippen molar-refractivity contribution in [2.24, 2.45) is 10.9 Å². The molecule has 1 aliphatic heterocycles. The molecule has 1 atom stereocenters. The second kappa shape index (κ2) is 8.18. The Kier molecular flexibility index (Phi) is 6.25. The molecule has 1 unspecified atom stereocenters. The molecule has 1 aromatic carbocycles. The van der Waals surface area contributed by atoms with Crippen LogP contribution in [0.4, 0.5) is 0 Å². The quantitative estimate of drug-likeness (QED) is 0.684. The van der Waals surface area contributed by atoms with Gasteiger partial charge in [-0.15, -0.1) is 0 Å². The fourth-order valence-corrected chi connectivity index (χ4v) is 3.18. The molecule has 1 heterocycles. The van der Waals surface area contributed by atoms with Crippen LogP contribution in [0.5, 0.6) is 0 Å². The van der Waals surface area contributed by atoms with E-state index in [1.807, 2.05) is 7.05 Å². The molecule has 1 aromatic rings. The molecule has 122 valence electrons. The summed E-state index contributed by atoms with van der Waals surface area (Å²) < 4.78 is 0. The van der Waals surface area contributed by atoms with E-state index in [-0.39, 0.29) is 0 Å². The van der Waals surface area contributed by atoms with Gasteiger partial charge in [-0.2, -0.15) is 0 Å². The van der Waals surface area contributed by atoms with Crippen molar-refractivity contribution in [2.45, 2.75) is 26.3 Å². The minimum Gasteiger partial charge on any atom is -0.356 e. The van der Waals surface area contributed by atoms with Crippen LogP contribution in [-0.2, 0) is 6.54 Å². The van der Waals surface area contributed by atoms with Crippen LogP contribution in [0.2, 0.25) is 0 Å². The first kappa shape index (κ1) is 16.8. The summed E-state index contributed by atoms with van der Waals surface area (Å²) in [6.45, 7) is 6.48. The Bertz CT molecular complexity index is 498. The zero-order valence-corrected chi connectivity index (χ0v) is 14.5. The number of aliphatic imine (C=N–C) groups is 1. The molecule has 2 rings (SSSR count). The number of aryl methyl sites for hydroxylation is 1. The van der Waals surface area contributed by atoms with Gasteiger partial charge in [-0.3, -0.25) is 4.99 Å². The highest BCUT2D eigenvalue weighted by atomic mass is 15.3. The Labute approximate surface area is 135 Å². The third kappa shape index (κ3) is 4.73. The first-order valence-corrected chi connectivity index (χ1v) is 8.25. The average molecular weight is 302 g/mol. The van der Waals surface area contributed by atoms with E-state index < -0.39 is 0 Å². The highest BCUT2D eigenvalue weighted by Gasteiger charge is 2.18. The Morgan fingerprint density at radius 1 is 1.41 bits per heavy atom. The number of rotatable bonds is 4. The van der Waals surface area contributed by atoms with E-state index >= 15 is 0 Å². The lowest BCUT2D eigenvalue weighted by Gasteiger charge is -2.31. The molecule has 1 aliphatic rings. The monoisotopic (exact) mass is 302 g/mol. The van der Waals surface area contributed by atoms with E-state index in [1.165, 1.54) is 37.1 Å². The molecular formula is C18H30N4. The van der Waals surface area contributed by atoms with Gasteiger partial charge in [0.1, 0.15) is 0 Å². The number of nitrogens with zero attached hydrogens (tertiary/aromatic N) is 3. The fourth-order valence-electron chi connectivity index (χ4n) is 3.18. The molecule has 0 saturated carbocycles. The smallest absolute Gasteiger partial charge is 0.193 e. The number of benzene rings is 1. The summed E-state index contributed by atoms with van der Waals surface area (Å²) in [4.78, 5) is 9.06. The van der Waals surface area contributed by atoms with Crippen molar-refractivity contribution >= 4 is 5.96 Å². The summed E-state index contributed by atoms with van der Waals surface area (Å²) in [6, 6.07) is 8.54. The van der Waals surface area contributed by atoms with Crippen molar-refractivity contribution in [3.63, 3.8) is 0 Å². The molecule has 0 radical (unpaired) electrons. The zero-order chi connectivity index (χ0) is 15.9. The van der Waals surface area contributed by atoms with Gasteiger partial charge in [0.05, 0.1) is 0 Å². The lowest BCUT2D eigenvalue weighted by Crippen LogP contribution is -2.44. The Morgan fingerprint density at radius 3 is 2.86 bits per heavy atom. The third-order valence-electron chi connectivity index (χ3n) is 4.51. The van der Waals surface area contributed by atoms with Gasteiger partial charge >= 0.3 is 0 Å². The fraction of sp³-hybridized carbons (Fsp3) is 0.611. The zero-order valence-electron chi connectivity index (χ0n) is 14.5. The average Bonchev–Trinajstić information content (AvgIpc) is 2.50. The molecule has 1 saturated heterocycles. The molecule has 0 amide bonds. The summed E-state index contributed by atoms with van der Waals surface area (Å²) in [5, 5.41) is 3.55. The van der Waals surface area contributed by atoms with Crippen LogP contribution in [0.15, 0.2) is 29.3 Å². The number of nitrogens with one attached hydrogen (secondary N) is 1. The molecule has 1 fully saturated rings. The van der Waals surface area contributed by atoms with Gasteiger partial charge in [-0.05, 0) is 50.4 Å². The predicted octanol–water partition coefficient (Wildman–Crippen LogP) is 2.34. The van der Waals surface area contributed by atoms with Gasteiger partial charge in [0, 0.05) is 33.7 Å². The Balaban J connectivity index is 1.87. The van der Waals surface area contributed by atoms with E-state index in [0.717, 1.165) is 25.0 Å². The minimum absolute atomic E-state index is 0.724. The number of hydrogen-bond donors (Lipinski definition) is 1.